The van der Waals surface area contributed by atoms with Gasteiger partial charge in [0, 0.05) is 18.3 Å². The van der Waals surface area contributed by atoms with E-state index in [1.165, 1.54) is 6.07 Å². The highest BCUT2D eigenvalue weighted by atomic mass is 16.5. The van der Waals surface area contributed by atoms with Crippen LogP contribution in [-0.4, -0.2) is 41.0 Å². The van der Waals surface area contributed by atoms with Crippen LogP contribution < -0.4 is 15.0 Å². The Morgan fingerprint density at radius 2 is 2.12 bits per heavy atom. The lowest BCUT2D eigenvalue weighted by Gasteiger charge is -2.24. The molecule has 1 amide bonds. The van der Waals surface area contributed by atoms with Crippen molar-refractivity contribution in [3.05, 3.63) is 52.2 Å². The molecule has 7 heteroatoms. The minimum Gasteiger partial charge on any atom is -0.493 e. The Labute approximate surface area is 145 Å². The second kappa shape index (κ2) is 7.38. The average molecular weight is 343 g/mol. The van der Waals surface area contributed by atoms with Crippen LogP contribution in [-0.2, 0) is 4.79 Å². The maximum atomic E-state index is 12.6. The van der Waals surface area contributed by atoms with Crippen LogP contribution in [0.3, 0.4) is 0 Å². The number of para-hydroxylation sites is 2. The van der Waals surface area contributed by atoms with E-state index < -0.39 is 0 Å². The highest BCUT2D eigenvalue weighted by molar-refractivity contribution is 5.78. The molecule has 1 aromatic heterocycles. The monoisotopic (exact) mass is 343 g/mol. The van der Waals surface area contributed by atoms with Gasteiger partial charge in [-0.2, -0.15) is 0 Å². The van der Waals surface area contributed by atoms with Gasteiger partial charge in [-0.05, 0) is 31.9 Å². The molecule has 0 spiro atoms. The lowest BCUT2D eigenvalue weighted by Crippen LogP contribution is -2.35. The number of methoxy groups -OCH3 is 1. The highest BCUT2D eigenvalue weighted by Crippen LogP contribution is 2.30. The molecule has 0 saturated carbocycles. The molecule has 1 aliphatic heterocycles. The molecule has 7 nitrogen and oxygen atoms in total. The summed E-state index contributed by atoms with van der Waals surface area (Å²) in [6.07, 6.45) is 1.63. The molecular formula is C18H21N3O4. The van der Waals surface area contributed by atoms with Crippen molar-refractivity contribution < 1.29 is 14.3 Å². The van der Waals surface area contributed by atoms with Gasteiger partial charge in [-0.3, -0.25) is 9.59 Å². The first-order valence-corrected chi connectivity index (χ1v) is 8.21. The minimum absolute atomic E-state index is 0.0904. The number of likely N-dealkylation sites (tertiary alicyclic amines) is 1. The van der Waals surface area contributed by atoms with Gasteiger partial charge in [0.1, 0.15) is 5.82 Å². The lowest BCUT2D eigenvalue weighted by molar-refractivity contribution is -0.134. The standard InChI is InChI=1S/C18H21N3O4/c1-12-10-16(22)20-18(19-12)13-6-5-9-21(13)17(23)11-25-15-8-4-3-7-14(15)24-2/h3-4,7-8,10,13H,5-6,9,11H2,1-2H3,(H,19,20,22). The van der Waals surface area contributed by atoms with E-state index in [-0.39, 0.29) is 24.1 Å². The summed E-state index contributed by atoms with van der Waals surface area (Å²) < 4.78 is 10.8. The van der Waals surface area contributed by atoms with Crippen LogP contribution in [0.1, 0.15) is 30.4 Å². The zero-order valence-electron chi connectivity index (χ0n) is 14.3. The zero-order chi connectivity index (χ0) is 17.8. The molecule has 2 aromatic rings. The summed E-state index contributed by atoms with van der Waals surface area (Å²) in [6.45, 7) is 2.30. The van der Waals surface area contributed by atoms with Crippen molar-refractivity contribution in [3.8, 4) is 11.5 Å². The number of aryl methyl sites for hydroxylation is 1. The normalized spacial score (nSPS) is 16.7. The predicted molar refractivity (Wildman–Crippen MR) is 91.8 cm³/mol. The maximum absolute atomic E-state index is 12.6. The number of nitrogens with zero attached hydrogens (tertiary/aromatic N) is 2. The number of aromatic amines is 1. The largest absolute Gasteiger partial charge is 0.493 e. The van der Waals surface area contributed by atoms with E-state index in [1.54, 1.807) is 31.1 Å². The molecule has 1 fully saturated rings. The maximum Gasteiger partial charge on any atom is 0.261 e. The Kier molecular flexibility index (Phi) is 5.02. The summed E-state index contributed by atoms with van der Waals surface area (Å²) in [6, 6.07) is 8.41. The van der Waals surface area contributed by atoms with E-state index in [9.17, 15) is 9.59 Å². The number of hydrogen-bond acceptors (Lipinski definition) is 5. The van der Waals surface area contributed by atoms with Gasteiger partial charge < -0.3 is 19.4 Å². The van der Waals surface area contributed by atoms with Crippen LogP contribution in [0, 0.1) is 6.92 Å². The lowest BCUT2D eigenvalue weighted by atomic mass is 10.2. The summed E-state index contributed by atoms with van der Waals surface area (Å²) in [5.74, 6) is 1.50. The molecule has 1 saturated heterocycles. The first-order chi connectivity index (χ1) is 12.1. The van der Waals surface area contributed by atoms with E-state index in [4.69, 9.17) is 9.47 Å². The summed E-state index contributed by atoms with van der Waals surface area (Å²) in [5, 5.41) is 0. The van der Waals surface area contributed by atoms with Crippen molar-refractivity contribution in [2.45, 2.75) is 25.8 Å². The summed E-state index contributed by atoms with van der Waals surface area (Å²) in [7, 11) is 1.56. The van der Waals surface area contributed by atoms with Gasteiger partial charge >= 0.3 is 0 Å². The van der Waals surface area contributed by atoms with E-state index in [1.807, 2.05) is 12.1 Å². The summed E-state index contributed by atoms with van der Waals surface area (Å²) in [5.41, 5.74) is 0.440. The van der Waals surface area contributed by atoms with Crippen LogP contribution >= 0.6 is 0 Å². The third-order valence-electron chi connectivity index (χ3n) is 4.20. The molecule has 1 N–H and O–H groups in total. The molecule has 25 heavy (non-hydrogen) atoms. The number of H-pyrrole nitrogens is 1. The SMILES string of the molecule is COc1ccccc1OCC(=O)N1CCCC1c1nc(C)cc(=O)[nH]1. The van der Waals surface area contributed by atoms with Gasteiger partial charge in [0.25, 0.3) is 11.5 Å². The van der Waals surface area contributed by atoms with Crippen molar-refractivity contribution >= 4 is 5.91 Å². The third-order valence-corrected chi connectivity index (χ3v) is 4.20. The molecule has 0 radical (unpaired) electrons. The molecule has 1 aliphatic rings. The number of carbonyl (C=O) groups is 1. The van der Waals surface area contributed by atoms with Crippen LogP contribution in [0.5, 0.6) is 11.5 Å². The van der Waals surface area contributed by atoms with Gasteiger partial charge in [0.15, 0.2) is 18.1 Å². The molecular weight excluding hydrogens is 322 g/mol. The Morgan fingerprint density at radius 1 is 1.36 bits per heavy atom. The fourth-order valence-corrected chi connectivity index (χ4v) is 3.07. The van der Waals surface area contributed by atoms with Crippen LogP contribution in [0.15, 0.2) is 35.1 Å². The quantitative estimate of drug-likeness (QED) is 0.895. The van der Waals surface area contributed by atoms with E-state index in [2.05, 4.69) is 9.97 Å². The first-order valence-electron chi connectivity index (χ1n) is 8.21. The van der Waals surface area contributed by atoms with Crippen molar-refractivity contribution in [1.29, 1.82) is 0 Å². The molecule has 1 aromatic carbocycles. The second-order valence-electron chi connectivity index (χ2n) is 5.96. The second-order valence-corrected chi connectivity index (χ2v) is 5.96. The average Bonchev–Trinajstić information content (AvgIpc) is 3.09. The highest BCUT2D eigenvalue weighted by Gasteiger charge is 2.32. The number of rotatable bonds is 5. The molecule has 1 unspecified atom stereocenters. The summed E-state index contributed by atoms with van der Waals surface area (Å²) in [4.78, 5) is 33.1. The fraction of sp³-hybridized carbons (Fsp3) is 0.389. The van der Waals surface area contributed by atoms with Crippen LogP contribution in [0.4, 0.5) is 0 Å². The number of hydrogen-bond donors (Lipinski definition) is 1. The van der Waals surface area contributed by atoms with Gasteiger partial charge in [0.05, 0.1) is 13.2 Å². The van der Waals surface area contributed by atoms with Gasteiger partial charge in [-0.25, -0.2) is 4.98 Å². The molecule has 3 rings (SSSR count). The van der Waals surface area contributed by atoms with Crippen LogP contribution in [0.2, 0.25) is 0 Å². The Balaban J connectivity index is 1.71. The molecule has 0 bridgehead atoms. The Bertz CT molecular complexity index is 818. The molecule has 2 heterocycles. The number of amides is 1. The Morgan fingerprint density at radius 3 is 2.84 bits per heavy atom. The minimum atomic E-state index is -0.221. The van der Waals surface area contributed by atoms with Crippen molar-refractivity contribution in [2.24, 2.45) is 0 Å². The van der Waals surface area contributed by atoms with Crippen LogP contribution in [0.25, 0.3) is 0 Å². The van der Waals surface area contributed by atoms with Crippen molar-refractivity contribution in [1.82, 2.24) is 14.9 Å². The van der Waals surface area contributed by atoms with Crippen molar-refractivity contribution in [2.75, 3.05) is 20.3 Å². The number of carbonyl (C=O) groups excluding carboxylic acids is 1. The molecule has 0 aliphatic carbocycles. The molecule has 132 valence electrons. The summed E-state index contributed by atoms with van der Waals surface area (Å²) >= 11 is 0. The smallest absolute Gasteiger partial charge is 0.261 e. The molecule has 1 atom stereocenters. The first kappa shape index (κ1) is 17.0. The van der Waals surface area contributed by atoms with Gasteiger partial charge in [-0.1, -0.05) is 12.1 Å². The fourth-order valence-electron chi connectivity index (χ4n) is 3.07. The van der Waals surface area contributed by atoms with Gasteiger partial charge in [0.2, 0.25) is 0 Å². The zero-order valence-corrected chi connectivity index (χ0v) is 14.3. The van der Waals surface area contributed by atoms with Crippen molar-refractivity contribution in [3.63, 3.8) is 0 Å². The Hall–Kier alpha value is -2.83. The number of ether oxygens (including phenoxy) is 2. The predicted octanol–water partition coefficient (Wildman–Crippen LogP) is 1.83. The van der Waals surface area contributed by atoms with Gasteiger partial charge in [-0.15, -0.1) is 0 Å². The van der Waals surface area contributed by atoms with E-state index in [0.29, 0.717) is 29.6 Å². The number of nitrogens with one attached hydrogen (secondary N) is 1. The van der Waals surface area contributed by atoms with E-state index >= 15 is 0 Å². The van der Waals surface area contributed by atoms with E-state index in [0.717, 1.165) is 12.8 Å². The topological polar surface area (TPSA) is 84.5 Å². The third kappa shape index (κ3) is 3.81. The number of aromatic nitrogens is 2. The number of benzene rings is 1.